The lowest BCUT2D eigenvalue weighted by molar-refractivity contribution is -0.0327. The van der Waals surface area contributed by atoms with Crippen LogP contribution in [0.1, 0.15) is 26.3 Å². The standard InChI is InChI=1S/C30H38N8O/c1-21-13-24(38-19-30(3,32)20-38)15-34-29(21)36-11-9-35(10-12-36)17-25-18-37(16-22(2)39-25)27-7-6-23(14-31)28-26(27)5-4-8-33-28/h4-8,13,15,22,25H,9-12,16-20,32H2,1-3H3/t22-,25+/m1/s1/i8D. The summed E-state index contributed by atoms with van der Waals surface area (Å²) in [7, 11) is 0. The lowest BCUT2D eigenvalue weighted by Gasteiger charge is -2.47. The molecule has 3 saturated heterocycles. The molecule has 1 aromatic carbocycles. The van der Waals surface area contributed by atoms with E-state index in [9.17, 15) is 5.26 Å². The van der Waals surface area contributed by atoms with Crippen molar-refractivity contribution in [3.63, 3.8) is 0 Å². The third kappa shape index (κ3) is 5.24. The molecule has 3 fully saturated rings. The summed E-state index contributed by atoms with van der Waals surface area (Å²) in [5, 5.41) is 10.5. The van der Waals surface area contributed by atoms with Crippen molar-refractivity contribution in [3.8, 4) is 6.07 Å². The molecule has 0 bridgehead atoms. The molecule has 0 unspecified atom stereocenters. The molecule has 204 valence electrons. The summed E-state index contributed by atoms with van der Waals surface area (Å²) < 4.78 is 14.3. The largest absolute Gasteiger partial charge is 0.370 e. The minimum atomic E-state index is -0.0982. The monoisotopic (exact) mass is 527 g/mol. The Kier molecular flexibility index (Phi) is 6.47. The summed E-state index contributed by atoms with van der Waals surface area (Å²) in [5.41, 5.74) is 10.6. The molecule has 3 aliphatic heterocycles. The van der Waals surface area contributed by atoms with Gasteiger partial charge in [-0.2, -0.15) is 5.26 Å². The molecule has 2 aromatic heterocycles. The lowest BCUT2D eigenvalue weighted by Crippen LogP contribution is -2.65. The zero-order valence-corrected chi connectivity index (χ0v) is 23.1. The van der Waals surface area contributed by atoms with Gasteiger partial charge in [-0.05, 0) is 56.7 Å². The van der Waals surface area contributed by atoms with Gasteiger partial charge in [-0.1, -0.05) is 0 Å². The number of aryl methyl sites for hydroxylation is 1. The summed E-state index contributed by atoms with van der Waals surface area (Å²) in [6.45, 7) is 14.3. The molecule has 9 heteroatoms. The number of rotatable bonds is 5. The van der Waals surface area contributed by atoms with Crippen LogP contribution < -0.4 is 20.4 Å². The van der Waals surface area contributed by atoms with Crippen molar-refractivity contribution in [2.75, 3.05) is 73.6 Å². The van der Waals surface area contributed by atoms with E-state index >= 15 is 0 Å². The van der Waals surface area contributed by atoms with E-state index in [1.807, 2.05) is 24.4 Å². The first-order valence-corrected chi connectivity index (χ1v) is 13.9. The second kappa shape index (κ2) is 10.3. The van der Waals surface area contributed by atoms with Gasteiger partial charge in [0.1, 0.15) is 11.9 Å². The molecule has 6 rings (SSSR count). The molecular weight excluding hydrogens is 488 g/mol. The number of nitrogens with zero attached hydrogens (tertiary/aromatic N) is 7. The summed E-state index contributed by atoms with van der Waals surface area (Å²) >= 11 is 0. The van der Waals surface area contributed by atoms with Crippen molar-refractivity contribution in [2.45, 2.75) is 38.5 Å². The quantitative estimate of drug-likeness (QED) is 0.537. The van der Waals surface area contributed by atoms with Gasteiger partial charge in [0.2, 0.25) is 0 Å². The summed E-state index contributed by atoms with van der Waals surface area (Å²) in [4.78, 5) is 18.7. The highest BCUT2D eigenvalue weighted by molar-refractivity contribution is 5.95. The second-order valence-corrected chi connectivity index (χ2v) is 11.7. The Labute approximate surface area is 232 Å². The maximum Gasteiger partial charge on any atom is 0.131 e. The Morgan fingerprint density at radius 1 is 1.13 bits per heavy atom. The Morgan fingerprint density at radius 3 is 2.64 bits per heavy atom. The summed E-state index contributed by atoms with van der Waals surface area (Å²) in [6.07, 6.45) is 2.32. The van der Waals surface area contributed by atoms with E-state index in [2.05, 4.69) is 57.5 Å². The number of hydrogen-bond acceptors (Lipinski definition) is 9. The van der Waals surface area contributed by atoms with E-state index < -0.39 is 0 Å². The molecule has 0 saturated carbocycles. The van der Waals surface area contributed by atoms with E-state index in [4.69, 9.17) is 16.8 Å². The predicted molar refractivity (Wildman–Crippen MR) is 155 cm³/mol. The van der Waals surface area contributed by atoms with Crippen LogP contribution in [0, 0.1) is 18.3 Å². The Balaban J connectivity index is 1.09. The number of benzene rings is 1. The van der Waals surface area contributed by atoms with Crippen molar-refractivity contribution in [2.24, 2.45) is 5.73 Å². The van der Waals surface area contributed by atoms with Gasteiger partial charge in [0.15, 0.2) is 0 Å². The first kappa shape index (κ1) is 24.6. The third-order valence-corrected chi connectivity index (χ3v) is 8.12. The van der Waals surface area contributed by atoms with Crippen LogP contribution in [0.5, 0.6) is 0 Å². The fourth-order valence-corrected chi connectivity index (χ4v) is 6.31. The zero-order chi connectivity index (χ0) is 28.0. The van der Waals surface area contributed by atoms with Gasteiger partial charge in [0, 0.05) is 81.7 Å². The van der Waals surface area contributed by atoms with Crippen molar-refractivity contribution in [3.05, 3.63) is 53.8 Å². The van der Waals surface area contributed by atoms with Crippen LogP contribution in [0.25, 0.3) is 10.9 Å². The Morgan fingerprint density at radius 2 is 1.92 bits per heavy atom. The van der Waals surface area contributed by atoms with E-state index in [0.717, 1.165) is 81.5 Å². The van der Waals surface area contributed by atoms with Crippen LogP contribution in [0.2, 0.25) is 0 Å². The molecule has 39 heavy (non-hydrogen) atoms. The van der Waals surface area contributed by atoms with Crippen LogP contribution in [-0.4, -0.2) is 91.5 Å². The number of nitriles is 1. The third-order valence-electron chi connectivity index (χ3n) is 8.12. The highest BCUT2D eigenvalue weighted by Crippen LogP contribution is 2.31. The highest BCUT2D eigenvalue weighted by atomic mass is 16.5. The van der Waals surface area contributed by atoms with Crippen LogP contribution in [0.4, 0.5) is 17.2 Å². The van der Waals surface area contributed by atoms with Crippen LogP contribution in [-0.2, 0) is 4.74 Å². The van der Waals surface area contributed by atoms with Gasteiger partial charge in [0.25, 0.3) is 0 Å². The number of piperazine rings is 1. The molecule has 9 nitrogen and oxygen atoms in total. The number of hydrogen-bond donors (Lipinski definition) is 1. The Hall–Kier alpha value is -3.45. The number of pyridine rings is 2. The number of morpholine rings is 1. The maximum absolute atomic E-state index is 9.56. The van der Waals surface area contributed by atoms with Gasteiger partial charge in [-0.3, -0.25) is 9.88 Å². The number of fused-ring (bicyclic) bond motifs is 1. The smallest absolute Gasteiger partial charge is 0.131 e. The number of anilines is 3. The maximum atomic E-state index is 9.56. The molecule has 5 heterocycles. The van der Waals surface area contributed by atoms with Gasteiger partial charge in [-0.15, -0.1) is 0 Å². The molecule has 3 aromatic rings. The zero-order valence-electron chi connectivity index (χ0n) is 24.1. The summed E-state index contributed by atoms with van der Waals surface area (Å²) in [5.74, 6) is 1.07. The number of nitrogens with two attached hydrogens (primary N) is 1. The van der Waals surface area contributed by atoms with Crippen molar-refractivity contribution < 1.29 is 6.11 Å². The van der Waals surface area contributed by atoms with Crippen LogP contribution >= 0.6 is 0 Å². The SMILES string of the molecule is [2H]c1ccc2c(N3C[C@H](CN4CCN(c5ncc(N6CC(C)(N)C6)cc5C)CC4)O[C@H](C)C3)ccc(C#N)c2n1. The molecule has 2 N–H and O–H groups in total. The van der Waals surface area contributed by atoms with Crippen molar-refractivity contribution in [1.82, 2.24) is 14.9 Å². The van der Waals surface area contributed by atoms with Crippen molar-refractivity contribution in [1.29, 1.82) is 5.26 Å². The number of ether oxygens (including phenoxy) is 1. The fraction of sp³-hybridized carbons (Fsp3) is 0.500. The molecule has 3 aliphatic rings. The first-order chi connectivity index (χ1) is 19.2. The van der Waals surface area contributed by atoms with E-state index in [1.54, 1.807) is 6.07 Å². The minimum absolute atomic E-state index is 0.0771. The van der Waals surface area contributed by atoms with E-state index in [0.29, 0.717) is 11.1 Å². The minimum Gasteiger partial charge on any atom is -0.370 e. The van der Waals surface area contributed by atoms with Gasteiger partial charge >= 0.3 is 0 Å². The average molecular weight is 528 g/mol. The first-order valence-electron chi connectivity index (χ1n) is 14.4. The van der Waals surface area contributed by atoms with E-state index in [1.165, 1.54) is 5.56 Å². The van der Waals surface area contributed by atoms with Crippen molar-refractivity contribution >= 4 is 28.1 Å². The molecule has 0 aliphatic carbocycles. The molecule has 2 atom stereocenters. The molecular formula is C30H38N8O. The fourth-order valence-electron chi connectivity index (χ4n) is 6.31. The Bertz CT molecular complexity index is 1440. The highest BCUT2D eigenvalue weighted by Gasteiger charge is 2.35. The predicted octanol–water partition coefficient (Wildman–Crippen LogP) is 2.76. The second-order valence-electron chi connectivity index (χ2n) is 11.7. The average Bonchev–Trinajstić information content (AvgIpc) is 2.91. The van der Waals surface area contributed by atoms with Gasteiger partial charge in [0.05, 0.1) is 36.5 Å². The number of aromatic nitrogens is 2. The van der Waals surface area contributed by atoms with Crippen LogP contribution in [0.3, 0.4) is 0 Å². The lowest BCUT2D eigenvalue weighted by atomic mass is 9.93. The normalized spacial score (nSPS) is 23.9. The van der Waals surface area contributed by atoms with E-state index in [-0.39, 0.29) is 23.9 Å². The molecule has 0 amide bonds. The molecule has 0 spiro atoms. The summed E-state index contributed by atoms with van der Waals surface area (Å²) in [6, 6.07) is 11.9. The molecule has 0 radical (unpaired) electrons. The van der Waals surface area contributed by atoms with Crippen LogP contribution in [0.15, 0.2) is 42.7 Å². The topological polar surface area (TPSA) is 97.8 Å². The van der Waals surface area contributed by atoms with Gasteiger partial charge in [-0.25, -0.2) is 4.98 Å². The van der Waals surface area contributed by atoms with Gasteiger partial charge < -0.3 is 25.2 Å².